The van der Waals surface area contributed by atoms with Gasteiger partial charge >= 0.3 is 0 Å². The average Bonchev–Trinajstić information content (AvgIpc) is 2.46. The molecule has 0 aliphatic carbocycles. The molecule has 1 amide bonds. The largest absolute Gasteiger partial charge is 0.396 e. The van der Waals surface area contributed by atoms with Crippen molar-refractivity contribution in [2.24, 2.45) is 0 Å². The van der Waals surface area contributed by atoms with E-state index in [1.54, 1.807) is 24.3 Å². The van der Waals surface area contributed by atoms with E-state index in [2.05, 4.69) is 5.32 Å². The summed E-state index contributed by atoms with van der Waals surface area (Å²) in [6, 6.07) is 6.11. The first kappa shape index (κ1) is 17.7. The third-order valence-electron chi connectivity index (χ3n) is 3.30. The Kier molecular flexibility index (Phi) is 8.01. The third kappa shape index (κ3) is 6.74. The number of hydrogen-bond acceptors (Lipinski definition) is 3. The van der Waals surface area contributed by atoms with Crippen LogP contribution in [0, 0.1) is 0 Å². The second kappa shape index (κ2) is 9.53. The van der Waals surface area contributed by atoms with E-state index >= 15 is 0 Å². The number of carbonyl (C=O) groups excluding carboxylic acids is 2. The Morgan fingerprint density at radius 1 is 1.14 bits per heavy atom. The Morgan fingerprint density at radius 2 is 1.76 bits per heavy atom. The molecule has 0 saturated carbocycles. The molecule has 4 nitrogen and oxygen atoms in total. The van der Waals surface area contributed by atoms with Crippen LogP contribution in [0.2, 0.25) is 5.02 Å². The molecular formula is C16H22ClNO3. The third-order valence-corrected chi connectivity index (χ3v) is 3.56. The summed E-state index contributed by atoms with van der Waals surface area (Å²) >= 11 is 5.78. The van der Waals surface area contributed by atoms with Crippen molar-refractivity contribution in [3.8, 4) is 0 Å². The van der Waals surface area contributed by atoms with E-state index in [0.29, 0.717) is 17.0 Å². The number of amides is 1. The van der Waals surface area contributed by atoms with Crippen LogP contribution in [0.25, 0.3) is 0 Å². The van der Waals surface area contributed by atoms with Gasteiger partial charge in [0.2, 0.25) is 0 Å². The van der Waals surface area contributed by atoms with Gasteiger partial charge in [0.05, 0.1) is 6.04 Å². The van der Waals surface area contributed by atoms with Crippen LogP contribution < -0.4 is 5.32 Å². The Balaban J connectivity index is 2.48. The van der Waals surface area contributed by atoms with E-state index in [9.17, 15) is 9.59 Å². The minimum atomic E-state index is -0.456. The van der Waals surface area contributed by atoms with Gasteiger partial charge in [-0.15, -0.1) is 0 Å². The van der Waals surface area contributed by atoms with Crippen molar-refractivity contribution >= 4 is 23.3 Å². The standard InChI is InChI=1S/C16H22ClNO3/c1-12(20)15(6-4-2-3-5-11-19)18-16(21)13-7-9-14(17)10-8-13/h7-10,15,19H,2-6,11H2,1H3,(H,18,21). The number of ketones is 1. The van der Waals surface area contributed by atoms with Gasteiger partial charge in [-0.05, 0) is 44.0 Å². The molecule has 0 bridgehead atoms. The number of carbonyl (C=O) groups is 2. The maximum Gasteiger partial charge on any atom is 0.251 e. The SMILES string of the molecule is CC(=O)C(CCCCCCO)NC(=O)c1ccc(Cl)cc1. The van der Waals surface area contributed by atoms with Crippen LogP contribution in [-0.2, 0) is 4.79 Å². The van der Waals surface area contributed by atoms with Gasteiger partial charge in [-0.25, -0.2) is 0 Å². The fraction of sp³-hybridized carbons (Fsp3) is 0.500. The van der Waals surface area contributed by atoms with E-state index in [1.807, 2.05) is 0 Å². The fourth-order valence-corrected chi connectivity index (χ4v) is 2.16. The number of aliphatic hydroxyl groups excluding tert-OH is 1. The first-order valence-corrected chi connectivity index (χ1v) is 7.60. The van der Waals surface area contributed by atoms with E-state index in [4.69, 9.17) is 16.7 Å². The van der Waals surface area contributed by atoms with Crippen molar-refractivity contribution < 1.29 is 14.7 Å². The molecule has 0 spiro atoms. The zero-order chi connectivity index (χ0) is 15.7. The predicted octanol–water partition coefficient (Wildman–Crippen LogP) is 2.97. The van der Waals surface area contributed by atoms with Crippen molar-refractivity contribution in [3.63, 3.8) is 0 Å². The molecule has 1 aromatic rings. The molecule has 0 aliphatic heterocycles. The lowest BCUT2D eigenvalue weighted by atomic mass is 10.0. The second-order valence-corrected chi connectivity index (χ2v) is 5.51. The molecule has 1 rings (SSSR count). The summed E-state index contributed by atoms with van der Waals surface area (Å²) in [5, 5.41) is 12.0. The number of aliphatic hydroxyl groups is 1. The minimum absolute atomic E-state index is 0.0422. The summed E-state index contributed by atoms with van der Waals surface area (Å²) in [4.78, 5) is 23.7. The Bertz CT molecular complexity index is 459. The molecule has 1 aromatic carbocycles. The molecule has 0 aromatic heterocycles. The number of halogens is 1. The number of nitrogens with one attached hydrogen (secondary N) is 1. The molecule has 0 radical (unpaired) electrons. The van der Waals surface area contributed by atoms with E-state index < -0.39 is 6.04 Å². The molecular weight excluding hydrogens is 290 g/mol. The highest BCUT2D eigenvalue weighted by Gasteiger charge is 2.17. The van der Waals surface area contributed by atoms with Gasteiger partial charge in [0, 0.05) is 17.2 Å². The lowest BCUT2D eigenvalue weighted by Crippen LogP contribution is -2.39. The van der Waals surface area contributed by atoms with Crippen LogP contribution in [0.3, 0.4) is 0 Å². The van der Waals surface area contributed by atoms with E-state index in [0.717, 1.165) is 25.7 Å². The fourth-order valence-electron chi connectivity index (χ4n) is 2.03. The molecule has 0 aliphatic rings. The molecule has 5 heteroatoms. The number of benzene rings is 1. The summed E-state index contributed by atoms with van der Waals surface area (Å²) in [6.45, 7) is 1.68. The molecule has 1 atom stereocenters. The molecule has 2 N–H and O–H groups in total. The second-order valence-electron chi connectivity index (χ2n) is 5.07. The molecule has 1 unspecified atom stereocenters. The zero-order valence-electron chi connectivity index (χ0n) is 12.3. The smallest absolute Gasteiger partial charge is 0.251 e. The van der Waals surface area contributed by atoms with Crippen LogP contribution in [0.15, 0.2) is 24.3 Å². The van der Waals surface area contributed by atoms with Crippen LogP contribution in [0.4, 0.5) is 0 Å². The minimum Gasteiger partial charge on any atom is -0.396 e. The van der Waals surface area contributed by atoms with Gasteiger partial charge < -0.3 is 10.4 Å². The Hall–Kier alpha value is -1.39. The molecule has 0 heterocycles. The summed E-state index contributed by atoms with van der Waals surface area (Å²) in [5.41, 5.74) is 0.492. The summed E-state index contributed by atoms with van der Waals surface area (Å²) in [7, 11) is 0. The van der Waals surface area contributed by atoms with Crippen LogP contribution >= 0.6 is 11.6 Å². The van der Waals surface area contributed by atoms with Gasteiger partial charge in [-0.2, -0.15) is 0 Å². The summed E-state index contributed by atoms with van der Waals surface area (Å²) in [5.74, 6) is -0.304. The molecule has 0 fully saturated rings. The molecule has 0 saturated heterocycles. The quantitative estimate of drug-likeness (QED) is 0.689. The summed E-state index contributed by atoms with van der Waals surface area (Å²) in [6.07, 6.45) is 4.14. The van der Waals surface area contributed by atoms with Crippen molar-refractivity contribution in [1.82, 2.24) is 5.32 Å². The number of Topliss-reactive ketones (excluding diaryl/α,β-unsaturated/α-hetero) is 1. The van der Waals surface area contributed by atoms with Crippen molar-refractivity contribution in [2.75, 3.05) is 6.61 Å². The maximum absolute atomic E-state index is 12.1. The Labute approximate surface area is 130 Å². The zero-order valence-corrected chi connectivity index (χ0v) is 13.0. The summed E-state index contributed by atoms with van der Waals surface area (Å²) < 4.78 is 0. The van der Waals surface area contributed by atoms with Crippen LogP contribution in [0.5, 0.6) is 0 Å². The topological polar surface area (TPSA) is 66.4 Å². The van der Waals surface area contributed by atoms with Gasteiger partial charge in [0.1, 0.15) is 0 Å². The highest BCUT2D eigenvalue weighted by molar-refractivity contribution is 6.30. The van der Waals surface area contributed by atoms with Gasteiger partial charge in [-0.1, -0.05) is 30.9 Å². The Morgan fingerprint density at radius 3 is 2.33 bits per heavy atom. The molecule has 116 valence electrons. The molecule has 21 heavy (non-hydrogen) atoms. The number of unbranched alkanes of at least 4 members (excludes halogenated alkanes) is 3. The van der Waals surface area contributed by atoms with Gasteiger partial charge in [0.15, 0.2) is 5.78 Å². The van der Waals surface area contributed by atoms with E-state index in [-0.39, 0.29) is 18.3 Å². The first-order chi connectivity index (χ1) is 10.0. The maximum atomic E-state index is 12.1. The average molecular weight is 312 g/mol. The predicted molar refractivity (Wildman–Crippen MR) is 83.6 cm³/mol. The normalized spacial score (nSPS) is 12.0. The van der Waals surface area contributed by atoms with Crippen molar-refractivity contribution in [3.05, 3.63) is 34.9 Å². The first-order valence-electron chi connectivity index (χ1n) is 7.22. The van der Waals surface area contributed by atoms with E-state index in [1.165, 1.54) is 6.92 Å². The lowest BCUT2D eigenvalue weighted by Gasteiger charge is -2.16. The van der Waals surface area contributed by atoms with Crippen LogP contribution in [0.1, 0.15) is 49.4 Å². The number of rotatable bonds is 9. The van der Waals surface area contributed by atoms with Crippen LogP contribution in [-0.4, -0.2) is 29.4 Å². The monoisotopic (exact) mass is 311 g/mol. The van der Waals surface area contributed by atoms with Gasteiger partial charge in [-0.3, -0.25) is 9.59 Å². The van der Waals surface area contributed by atoms with Crippen molar-refractivity contribution in [2.45, 2.75) is 45.1 Å². The highest BCUT2D eigenvalue weighted by atomic mass is 35.5. The van der Waals surface area contributed by atoms with Crippen molar-refractivity contribution in [1.29, 1.82) is 0 Å². The lowest BCUT2D eigenvalue weighted by molar-refractivity contribution is -0.119. The number of hydrogen-bond donors (Lipinski definition) is 2. The highest BCUT2D eigenvalue weighted by Crippen LogP contribution is 2.11. The van der Waals surface area contributed by atoms with Gasteiger partial charge in [0.25, 0.3) is 5.91 Å².